The predicted molar refractivity (Wildman–Crippen MR) is 101 cm³/mol. The van der Waals surface area contributed by atoms with E-state index in [0.717, 1.165) is 18.7 Å². The molecule has 0 saturated carbocycles. The lowest BCUT2D eigenvalue weighted by Crippen LogP contribution is -2.44. The molecule has 1 aliphatic rings. The number of urea groups is 1. The number of nitrogens with one attached hydrogen (secondary N) is 1. The summed E-state index contributed by atoms with van der Waals surface area (Å²) in [6.07, 6.45) is 8.02. The van der Waals surface area contributed by atoms with Gasteiger partial charge in [-0.3, -0.25) is 9.88 Å². The van der Waals surface area contributed by atoms with E-state index in [9.17, 15) is 4.79 Å². The lowest BCUT2D eigenvalue weighted by atomic mass is 10.0. The van der Waals surface area contributed by atoms with Gasteiger partial charge in [0.2, 0.25) is 11.8 Å². The molecule has 0 spiro atoms. The third-order valence-electron chi connectivity index (χ3n) is 4.88. The number of piperidine rings is 1. The van der Waals surface area contributed by atoms with Crippen LogP contribution in [0.2, 0.25) is 0 Å². The van der Waals surface area contributed by atoms with E-state index in [1.807, 2.05) is 19.2 Å². The lowest BCUT2D eigenvalue weighted by Gasteiger charge is -2.35. The summed E-state index contributed by atoms with van der Waals surface area (Å²) in [6.45, 7) is 4.88. The minimum absolute atomic E-state index is 0.131. The van der Waals surface area contributed by atoms with E-state index in [4.69, 9.17) is 4.42 Å². The van der Waals surface area contributed by atoms with Crippen molar-refractivity contribution in [2.24, 2.45) is 0 Å². The van der Waals surface area contributed by atoms with Gasteiger partial charge >= 0.3 is 6.03 Å². The average Bonchev–Trinajstić information content (AvgIpc) is 3.17. The Balaban J connectivity index is 1.59. The van der Waals surface area contributed by atoms with Gasteiger partial charge in [0.15, 0.2) is 0 Å². The monoisotopic (exact) mass is 372 g/mol. The molecule has 3 rings (SSSR count). The van der Waals surface area contributed by atoms with Gasteiger partial charge in [-0.05, 0) is 37.6 Å². The summed E-state index contributed by atoms with van der Waals surface area (Å²) in [7, 11) is 1.73. The Morgan fingerprint density at radius 1 is 1.30 bits per heavy atom. The molecule has 1 fully saturated rings. The summed E-state index contributed by atoms with van der Waals surface area (Å²) in [6, 6.07) is 4.00. The second kappa shape index (κ2) is 9.45. The first-order valence-corrected chi connectivity index (χ1v) is 9.61. The van der Waals surface area contributed by atoms with Crippen molar-refractivity contribution >= 4 is 6.03 Å². The molecule has 27 heavy (non-hydrogen) atoms. The fourth-order valence-electron chi connectivity index (χ4n) is 3.35. The minimum atomic E-state index is -0.155. The molecule has 0 bridgehead atoms. The van der Waals surface area contributed by atoms with E-state index in [1.54, 1.807) is 18.1 Å². The van der Waals surface area contributed by atoms with E-state index >= 15 is 0 Å². The Bertz CT molecular complexity index is 714. The summed E-state index contributed by atoms with van der Waals surface area (Å²) in [4.78, 5) is 20.8. The smallest absolute Gasteiger partial charge is 0.317 e. The fraction of sp³-hybridized carbons (Fsp3) is 0.579. The third kappa shape index (κ3) is 5.26. The highest BCUT2D eigenvalue weighted by atomic mass is 16.4. The summed E-state index contributed by atoms with van der Waals surface area (Å²) in [5.41, 5.74) is 1.13. The number of hydrogen-bond donors (Lipinski definition) is 1. The van der Waals surface area contributed by atoms with Crippen molar-refractivity contribution in [3.8, 4) is 0 Å². The summed E-state index contributed by atoms with van der Waals surface area (Å²) < 4.78 is 5.48. The number of hydrogen-bond acceptors (Lipinski definition) is 6. The van der Waals surface area contributed by atoms with Gasteiger partial charge in [-0.2, -0.15) is 0 Å². The van der Waals surface area contributed by atoms with E-state index < -0.39 is 0 Å². The van der Waals surface area contributed by atoms with Gasteiger partial charge in [0.25, 0.3) is 0 Å². The van der Waals surface area contributed by atoms with Gasteiger partial charge in [0.05, 0.1) is 6.04 Å². The Morgan fingerprint density at radius 2 is 2.07 bits per heavy atom. The van der Waals surface area contributed by atoms with E-state index in [2.05, 4.69) is 31.5 Å². The number of likely N-dealkylation sites (tertiary alicyclic amines) is 1. The van der Waals surface area contributed by atoms with Crippen molar-refractivity contribution in [3.63, 3.8) is 0 Å². The molecule has 146 valence electrons. The highest BCUT2D eigenvalue weighted by molar-refractivity contribution is 5.73. The summed E-state index contributed by atoms with van der Waals surface area (Å²) >= 11 is 0. The van der Waals surface area contributed by atoms with Crippen LogP contribution in [0.1, 0.15) is 49.6 Å². The molecule has 1 aliphatic heterocycles. The predicted octanol–water partition coefficient (Wildman–Crippen LogP) is 2.40. The van der Waals surface area contributed by atoms with Gasteiger partial charge in [0, 0.05) is 32.4 Å². The molecule has 0 aromatic carbocycles. The summed E-state index contributed by atoms with van der Waals surface area (Å²) in [5, 5.41) is 11.0. The van der Waals surface area contributed by atoms with E-state index in [1.165, 1.54) is 19.3 Å². The maximum atomic E-state index is 12.5. The normalized spacial score (nSPS) is 16.1. The molecule has 0 aliphatic carbocycles. The molecule has 1 saturated heterocycles. The van der Waals surface area contributed by atoms with Crippen LogP contribution in [-0.4, -0.2) is 57.7 Å². The van der Waals surface area contributed by atoms with Gasteiger partial charge in [-0.25, -0.2) is 4.79 Å². The highest BCUT2D eigenvalue weighted by Crippen LogP contribution is 2.23. The quantitative estimate of drug-likeness (QED) is 0.803. The van der Waals surface area contributed by atoms with Crippen LogP contribution in [0.15, 0.2) is 28.9 Å². The molecule has 1 atom stereocenters. The number of rotatable bonds is 7. The molecule has 8 nitrogen and oxygen atoms in total. The molecule has 2 aromatic heterocycles. The average molecular weight is 372 g/mol. The van der Waals surface area contributed by atoms with Crippen molar-refractivity contribution in [3.05, 3.63) is 41.9 Å². The molecule has 2 amide bonds. The fourth-order valence-corrected chi connectivity index (χ4v) is 3.35. The Morgan fingerprint density at radius 3 is 2.74 bits per heavy atom. The minimum Gasteiger partial charge on any atom is -0.423 e. The zero-order valence-electron chi connectivity index (χ0n) is 16.1. The van der Waals surface area contributed by atoms with Crippen LogP contribution < -0.4 is 5.32 Å². The molecule has 3 heterocycles. The van der Waals surface area contributed by atoms with E-state index in [0.29, 0.717) is 31.3 Å². The van der Waals surface area contributed by atoms with Crippen LogP contribution in [0, 0.1) is 0 Å². The van der Waals surface area contributed by atoms with Gasteiger partial charge in [-0.1, -0.05) is 19.4 Å². The number of aryl methyl sites for hydroxylation is 1. The Hall–Kier alpha value is -2.48. The Labute approximate surface area is 160 Å². The first-order chi connectivity index (χ1) is 13.2. The number of carbonyl (C=O) groups excluding carboxylic acids is 1. The largest absolute Gasteiger partial charge is 0.423 e. The molecule has 0 radical (unpaired) electrons. The second-order valence-corrected chi connectivity index (χ2v) is 6.88. The van der Waals surface area contributed by atoms with Crippen molar-refractivity contribution in [2.45, 2.75) is 45.2 Å². The number of carbonyl (C=O) groups is 1. The van der Waals surface area contributed by atoms with Crippen LogP contribution in [-0.2, 0) is 13.0 Å². The second-order valence-electron chi connectivity index (χ2n) is 6.88. The molecule has 8 heteroatoms. The third-order valence-corrected chi connectivity index (χ3v) is 4.88. The van der Waals surface area contributed by atoms with Crippen molar-refractivity contribution in [1.29, 1.82) is 0 Å². The first-order valence-electron chi connectivity index (χ1n) is 9.61. The van der Waals surface area contributed by atoms with Crippen molar-refractivity contribution in [2.75, 3.05) is 26.7 Å². The first kappa shape index (κ1) is 19.3. The molecule has 0 unspecified atom stereocenters. The standard InChI is InChI=1S/C19H28N6O2/c1-3-17-22-23-18(27-17)14-24(2)19(26)21-13-16(15-8-7-9-20-12-15)25-10-5-4-6-11-25/h7-9,12,16H,3-6,10-11,13-14H2,1-2H3,(H,21,26)/t16-/m1/s1. The van der Waals surface area contributed by atoms with Crippen LogP contribution in [0.25, 0.3) is 0 Å². The number of nitrogens with zero attached hydrogens (tertiary/aromatic N) is 5. The van der Waals surface area contributed by atoms with Gasteiger partial charge < -0.3 is 14.6 Å². The van der Waals surface area contributed by atoms with Gasteiger partial charge in [-0.15, -0.1) is 10.2 Å². The molecular formula is C19H28N6O2. The van der Waals surface area contributed by atoms with Gasteiger partial charge in [0.1, 0.15) is 6.54 Å². The van der Waals surface area contributed by atoms with Crippen LogP contribution in [0.4, 0.5) is 4.79 Å². The molecule has 1 N–H and O–H groups in total. The maximum Gasteiger partial charge on any atom is 0.317 e. The molecule has 2 aromatic rings. The van der Waals surface area contributed by atoms with E-state index in [-0.39, 0.29) is 12.1 Å². The Kier molecular flexibility index (Phi) is 6.75. The zero-order chi connectivity index (χ0) is 19.1. The highest BCUT2D eigenvalue weighted by Gasteiger charge is 2.24. The summed E-state index contributed by atoms with van der Waals surface area (Å²) in [5.74, 6) is 1.03. The maximum absolute atomic E-state index is 12.5. The van der Waals surface area contributed by atoms with Crippen molar-refractivity contribution in [1.82, 2.24) is 30.3 Å². The topological polar surface area (TPSA) is 87.4 Å². The van der Waals surface area contributed by atoms with Crippen LogP contribution in [0.5, 0.6) is 0 Å². The van der Waals surface area contributed by atoms with Crippen LogP contribution >= 0.6 is 0 Å². The zero-order valence-corrected chi connectivity index (χ0v) is 16.1. The number of pyridine rings is 1. The van der Waals surface area contributed by atoms with Crippen molar-refractivity contribution < 1.29 is 9.21 Å². The molecular weight excluding hydrogens is 344 g/mol. The number of aromatic nitrogens is 3. The van der Waals surface area contributed by atoms with Crippen LogP contribution in [0.3, 0.4) is 0 Å². The number of amides is 2. The lowest BCUT2D eigenvalue weighted by molar-refractivity contribution is 0.155. The SMILES string of the molecule is CCc1nnc(CN(C)C(=O)NC[C@H](c2cccnc2)N2CCCCC2)o1.